The summed E-state index contributed by atoms with van der Waals surface area (Å²) in [5.74, 6) is 2.69. The highest BCUT2D eigenvalue weighted by atomic mass is 16.5. The molecule has 1 fully saturated rings. The van der Waals surface area contributed by atoms with E-state index in [2.05, 4.69) is 36.2 Å². The van der Waals surface area contributed by atoms with Crippen LogP contribution in [0.5, 0.6) is 17.2 Å². The second-order valence-electron chi connectivity index (χ2n) is 8.95. The Labute approximate surface area is 190 Å². The second-order valence-corrected chi connectivity index (χ2v) is 8.95. The number of ether oxygens (including phenoxy) is 3. The molecule has 2 aliphatic rings. The summed E-state index contributed by atoms with van der Waals surface area (Å²) in [5.41, 5.74) is 2.25. The second kappa shape index (κ2) is 10.3. The Hall–Kier alpha value is -2.73. The van der Waals surface area contributed by atoms with Crippen molar-refractivity contribution in [2.75, 3.05) is 33.4 Å². The van der Waals surface area contributed by atoms with Crippen LogP contribution in [-0.2, 0) is 4.79 Å². The molecular weight excluding hydrogens is 404 g/mol. The van der Waals surface area contributed by atoms with Crippen molar-refractivity contribution in [3.63, 3.8) is 0 Å². The van der Waals surface area contributed by atoms with E-state index in [1.165, 1.54) is 5.56 Å². The van der Waals surface area contributed by atoms with Crippen LogP contribution in [0.3, 0.4) is 0 Å². The third kappa shape index (κ3) is 5.18. The average Bonchev–Trinajstić information content (AvgIpc) is 3.12. The Bertz CT molecular complexity index is 930. The Morgan fingerprint density at radius 3 is 2.72 bits per heavy atom. The number of likely N-dealkylation sites (tertiary alicyclic amines) is 1. The van der Waals surface area contributed by atoms with E-state index in [0.29, 0.717) is 19.8 Å². The summed E-state index contributed by atoms with van der Waals surface area (Å²) in [6, 6.07) is 14.3. The van der Waals surface area contributed by atoms with E-state index in [9.17, 15) is 4.79 Å². The van der Waals surface area contributed by atoms with Gasteiger partial charge in [0.25, 0.3) is 0 Å². The van der Waals surface area contributed by atoms with Crippen LogP contribution in [0.15, 0.2) is 42.5 Å². The minimum absolute atomic E-state index is 0.0469. The first-order chi connectivity index (χ1) is 15.5. The summed E-state index contributed by atoms with van der Waals surface area (Å²) < 4.78 is 17.0. The highest BCUT2D eigenvalue weighted by Gasteiger charge is 2.29. The Balaban J connectivity index is 1.45. The maximum Gasteiger partial charge on any atom is 0.234 e. The molecule has 0 aliphatic carbocycles. The summed E-state index contributed by atoms with van der Waals surface area (Å²) in [4.78, 5) is 15.4. The molecule has 1 N–H and O–H groups in total. The number of nitrogens with zero attached hydrogens (tertiary/aromatic N) is 1. The number of methoxy groups -OCH3 is 1. The molecular formula is C26H34N2O4. The minimum atomic E-state index is -0.0856. The molecule has 2 atom stereocenters. The first kappa shape index (κ1) is 22.5. The van der Waals surface area contributed by atoms with E-state index in [1.807, 2.05) is 30.3 Å². The van der Waals surface area contributed by atoms with E-state index in [0.717, 1.165) is 48.6 Å². The normalized spacial score (nSPS) is 19.4. The van der Waals surface area contributed by atoms with Crippen molar-refractivity contribution in [1.29, 1.82) is 0 Å². The fraction of sp³-hybridized carbons (Fsp3) is 0.500. The van der Waals surface area contributed by atoms with Gasteiger partial charge in [0.2, 0.25) is 5.91 Å². The molecule has 2 heterocycles. The van der Waals surface area contributed by atoms with Crippen molar-refractivity contribution in [1.82, 2.24) is 10.2 Å². The number of fused-ring (bicyclic) bond motifs is 1. The minimum Gasteiger partial charge on any atom is -0.497 e. The number of rotatable bonds is 7. The van der Waals surface area contributed by atoms with Gasteiger partial charge in [-0.05, 0) is 60.7 Å². The van der Waals surface area contributed by atoms with Crippen molar-refractivity contribution in [2.45, 2.75) is 45.2 Å². The molecule has 0 saturated carbocycles. The van der Waals surface area contributed by atoms with Gasteiger partial charge in [-0.15, -0.1) is 0 Å². The molecule has 172 valence electrons. The molecule has 2 aromatic rings. The van der Waals surface area contributed by atoms with E-state index < -0.39 is 0 Å². The Morgan fingerprint density at radius 1 is 1.12 bits per heavy atom. The zero-order chi connectivity index (χ0) is 22.5. The maximum absolute atomic E-state index is 13.1. The number of nitrogens with one attached hydrogen (secondary N) is 1. The van der Waals surface area contributed by atoms with Crippen LogP contribution in [0, 0.1) is 5.92 Å². The SMILES string of the molecule is COc1cccc(C2CCCN2CC(=O)NC(c2ccc3c(c2)OCCCO3)C(C)C)c1. The van der Waals surface area contributed by atoms with Gasteiger partial charge in [0.05, 0.1) is 32.9 Å². The molecule has 2 unspecified atom stereocenters. The van der Waals surface area contributed by atoms with Crippen LogP contribution in [-0.4, -0.2) is 44.2 Å². The monoisotopic (exact) mass is 438 g/mol. The van der Waals surface area contributed by atoms with Gasteiger partial charge in [-0.3, -0.25) is 9.69 Å². The smallest absolute Gasteiger partial charge is 0.234 e. The van der Waals surface area contributed by atoms with Crippen molar-refractivity contribution < 1.29 is 19.0 Å². The molecule has 32 heavy (non-hydrogen) atoms. The van der Waals surface area contributed by atoms with Gasteiger partial charge in [-0.25, -0.2) is 0 Å². The number of carbonyl (C=O) groups excluding carboxylic acids is 1. The summed E-state index contributed by atoms with van der Waals surface area (Å²) >= 11 is 0. The number of benzene rings is 2. The van der Waals surface area contributed by atoms with Gasteiger partial charge in [-0.1, -0.05) is 32.0 Å². The van der Waals surface area contributed by atoms with Crippen molar-refractivity contribution in [2.24, 2.45) is 5.92 Å². The summed E-state index contributed by atoms with van der Waals surface area (Å²) in [5, 5.41) is 3.27. The lowest BCUT2D eigenvalue weighted by Gasteiger charge is -2.28. The molecule has 4 rings (SSSR count). The summed E-state index contributed by atoms with van der Waals surface area (Å²) in [7, 11) is 1.69. The van der Waals surface area contributed by atoms with Crippen LogP contribution in [0.2, 0.25) is 0 Å². The predicted molar refractivity (Wildman–Crippen MR) is 124 cm³/mol. The standard InChI is InChI=1S/C26H34N2O4/c1-18(2)26(20-10-11-23-24(16-20)32-14-6-13-31-23)27-25(29)17-28-12-5-9-22(28)19-7-4-8-21(15-19)30-3/h4,7-8,10-11,15-16,18,22,26H,5-6,9,12-14,17H2,1-3H3,(H,27,29). The van der Waals surface area contributed by atoms with Gasteiger partial charge < -0.3 is 19.5 Å². The van der Waals surface area contributed by atoms with Crippen LogP contribution >= 0.6 is 0 Å². The van der Waals surface area contributed by atoms with Crippen molar-refractivity contribution >= 4 is 5.91 Å². The molecule has 6 heteroatoms. The third-order valence-corrected chi connectivity index (χ3v) is 6.30. The van der Waals surface area contributed by atoms with Gasteiger partial charge in [0.1, 0.15) is 5.75 Å². The largest absolute Gasteiger partial charge is 0.497 e. The Kier molecular flexibility index (Phi) is 7.20. The molecule has 1 saturated heterocycles. The van der Waals surface area contributed by atoms with Crippen molar-refractivity contribution in [3.8, 4) is 17.2 Å². The quantitative estimate of drug-likeness (QED) is 0.689. The third-order valence-electron chi connectivity index (χ3n) is 6.30. The number of hydrogen-bond acceptors (Lipinski definition) is 5. The van der Waals surface area contributed by atoms with E-state index in [-0.39, 0.29) is 23.9 Å². The molecule has 2 aliphatic heterocycles. The van der Waals surface area contributed by atoms with E-state index in [4.69, 9.17) is 14.2 Å². The Morgan fingerprint density at radius 2 is 1.94 bits per heavy atom. The van der Waals surface area contributed by atoms with E-state index >= 15 is 0 Å². The molecule has 2 aromatic carbocycles. The zero-order valence-electron chi connectivity index (χ0n) is 19.3. The first-order valence-electron chi connectivity index (χ1n) is 11.6. The molecule has 6 nitrogen and oxygen atoms in total. The summed E-state index contributed by atoms with van der Waals surface area (Å²) in [6.45, 7) is 6.88. The predicted octanol–water partition coefficient (Wildman–Crippen LogP) is 4.51. The van der Waals surface area contributed by atoms with Crippen LogP contribution in [0.1, 0.15) is 56.3 Å². The fourth-order valence-electron chi connectivity index (χ4n) is 4.65. The van der Waals surface area contributed by atoms with Gasteiger partial charge in [0.15, 0.2) is 11.5 Å². The van der Waals surface area contributed by atoms with Gasteiger partial charge in [-0.2, -0.15) is 0 Å². The fourth-order valence-corrected chi connectivity index (χ4v) is 4.65. The maximum atomic E-state index is 13.1. The van der Waals surface area contributed by atoms with Crippen LogP contribution in [0.25, 0.3) is 0 Å². The van der Waals surface area contributed by atoms with Gasteiger partial charge >= 0.3 is 0 Å². The summed E-state index contributed by atoms with van der Waals surface area (Å²) in [6.07, 6.45) is 3.01. The van der Waals surface area contributed by atoms with Crippen molar-refractivity contribution in [3.05, 3.63) is 53.6 Å². The highest BCUT2D eigenvalue weighted by Crippen LogP contribution is 2.35. The molecule has 0 radical (unpaired) electrons. The van der Waals surface area contributed by atoms with Crippen LogP contribution in [0.4, 0.5) is 0 Å². The van der Waals surface area contributed by atoms with Crippen LogP contribution < -0.4 is 19.5 Å². The highest BCUT2D eigenvalue weighted by molar-refractivity contribution is 5.78. The molecule has 0 aromatic heterocycles. The lowest BCUT2D eigenvalue weighted by atomic mass is 9.95. The topological polar surface area (TPSA) is 60.0 Å². The molecule has 0 spiro atoms. The zero-order valence-corrected chi connectivity index (χ0v) is 19.3. The average molecular weight is 439 g/mol. The van der Waals surface area contributed by atoms with E-state index in [1.54, 1.807) is 7.11 Å². The van der Waals surface area contributed by atoms with Gasteiger partial charge in [0, 0.05) is 12.5 Å². The lowest BCUT2D eigenvalue weighted by Crippen LogP contribution is -2.40. The molecule has 0 bridgehead atoms. The first-order valence-corrected chi connectivity index (χ1v) is 11.6. The number of hydrogen-bond donors (Lipinski definition) is 1. The lowest BCUT2D eigenvalue weighted by molar-refractivity contribution is -0.123. The number of carbonyl (C=O) groups is 1. The molecule has 1 amide bonds. The number of amides is 1.